The highest BCUT2D eigenvalue weighted by Crippen LogP contribution is 2.54. The minimum atomic E-state index is 0.335. The Labute approximate surface area is 129 Å². The number of hydrogen-bond donors (Lipinski definition) is 1. The Morgan fingerprint density at radius 3 is 2.86 bits per heavy atom. The van der Waals surface area contributed by atoms with Crippen LogP contribution < -0.4 is 14.8 Å². The monoisotopic (exact) mass is 300 g/mol. The molecule has 2 fully saturated rings. The van der Waals surface area contributed by atoms with Gasteiger partial charge in [-0.25, -0.2) is 4.99 Å². The zero-order valence-electron chi connectivity index (χ0n) is 12.5. The summed E-state index contributed by atoms with van der Waals surface area (Å²) in [6, 6.07) is 7.58. The van der Waals surface area contributed by atoms with Gasteiger partial charge in [0.1, 0.15) is 6.61 Å². The predicted molar refractivity (Wildman–Crippen MR) is 81.3 cm³/mol. The quantitative estimate of drug-likeness (QED) is 0.910. The number of nitrogens with zero attached hydrogens (tertiary/aromatic N) is 1. The lowest BCUT2D eigenvalue weighted by molar-refractivity contribution is 0.174. The minimum Gasteiger partial charge on any atom is -0.463 e. The van der Waals surface area contributed by atoms with Crippen molar-refractivity contribution < 1.29 is 14.2 Å². The van der Waals surface area contributed by atoms with Crippen molar-refractivity contribution in [1.82, 2.24) is 5.32 Å². The Morgan fingerprint density at radius 2 is 1.95 bits per heavy atom. The van der Waals surface area contributed by atoms with Crippen molar-refractivity contribution in [2.75, 3.05) is 19.9 Å². The van der Waals surface area contributed by atoms with Gasteiger partial charge in [0, 0.05) is 12.0 Å². The highest BCUT2D eigenvalue weighted by molar-refractivity contribution is 5.75. The lowest BCUT2D eigenvalue weighted by Crippen LogP contribution is -2.43. The van der Waals surface area contributed by atoms with Gasteiger partial charge < -0.3 is 19.5 Å². The first-order valence-electron chi connectivity index (χ1n) is 8.22. The van der Waals surface area contributed by atoms with E-state index in [0.29, 0.717) is 25.4 Å². The number of ether oxygens (including phenoxy) is 3. The van der Waals surface area contributed by atoms with E-state index < -0.39 is 0 Å². The molecule has 0 saturated heterocycles. The topological polar surface area (TPSA) is 52.1 Å². The van der Waals surface area contributed by atoms with Crippen molar-refractivity contribution in [2.24, 2.45) is 16.8 Å². The molecule has 0 amide bonds. The lowest BCUT2D eigenvalue weighted by Gasteiger charge is -2.32. The van der Waals surface area contributed by atoms with Crippen LogP contribution in [0.25, 0.3) is 0 Å². The molecule has 4 atom stereocenters. The van der Waals surface area contributed by atoms with E-state index >= 15 is 0 Å². The molecule has 2 aliphatic carbocycles. The van der Waals surface area contributed by atoms with Gasteiger partial charge >= 0.3 is 0 Å². The number of amidine groups is 1. The molecule has 5 nitrogen and oxygen atoms in total. The highest BCUT2D eigenvalue weighted by atomic mass is 16.7. The molecule has 116 valence electrons. The SMILES string of the molecule is c1cc2c(cc1[C@@H]1C3CCC(C3)[C@H]1NC1=NCCO1)OCO2. The molecule has 0 aromatic heterocycles. The van der Waals surface area contributed by atoms with Crippen LogP contribution >= 0.6 is 0 Å². The number of benzene rings is 1. The number of hydrogen-bond acceptors (Lipinski definition) is 5. The van der Waals surface area contributed by atoms with Gasteiger partial charge in [-0.3, -0.25) is 0 Å². The summed E-state index contributed by atoms with van der Waals surface area (Å²) in [5, 5.41) is 3.58. The highest BCUT2D eigenvalue weighted by Gasteiger charge is 2.49. The summed E-state index contributed by atoms with van der Waals surface area (Å²) in [4.78, 5) is 4.41. The number of fused-ring (bicyclic) bond motifs is 3. The smallest absolute Gasteiger partial charge is 0.285 e. The second kappa shape index (κ2) is 4.80. The lowest BCUT2D eigenvalue weighted by atomic mass is 9.79. The first-order valence-corrected chi connectivity index (χ1v) is 8.22. The Morgan fingerprint density at radius 1 is 1.05 bits per heavy atom. The maximum Gasteiger partial charge on any atom is 0.285 e. The summed E-state index contributed by atoms with van der Waals surface area (Å²) in [7, 11) is 0. The maximum atomic E-state index is 5.57. The molecule has 2 unspecified atom stereocenters. The molecule has 2 bridgehead atoms. The summed E-state index contributed by atoms with van der Waals surface area (Å²) in [6.07, 6.45) is 3.95. The summed E-state index contributed by atoms with van der Waals surface area (Å²) in [6.45, 7) is 1.82. The van der Waals surface area contributed by atoms with Crippen LogP contribution in [0.3, 0.4) is 0 Å². The molecule has 1 aromatic rings. The Hall–Kier alpha value is -1.91. The van der Waals surface area contributed by atoms with Crippen LogP contribution in [0.4, 0.5) is 0 Å². The minimum absolute atomic E-state index is 0.335. The van der Waals surface area contributed by atoms with Crippen LogP contribution in [0, 0.1) is 11.8 Å². The Balaban J connectivity index is 1.45. The molecule has 5 heteroatoms. The van der Waals surface area contributed by atoms with Crippen LogP contribution in [0.5, 0.6) is 11.5 Å². The summed E-state index contributed by atoms with van der Waals surface area (Å²) in [5.74, 6) is 3.74. The van der Waals surface area contributed by atoms with Crippen molar-refractivity contribution in [3.05, 3.63) is 23.8 Å². The number of aliphatic imine (C=N–C) groups is 1. The first kappa shape index (κ1) is 12.6. The van der Waals surface area contributed by atoms with Crippen molar-refractivity contribution in [3.8, 4) is 11.5 Å². The van der Waals surface area contributed by atoms with Crippen LogP contribution in [-0.2, 0) is 4.74 Å². The zero-order chi connectivity index (χ0) is 14.5. The third-order valence-corrected chi connectivity index (χ3v) is 5.57. The fourth-order valence-electron chi connectivity index (χ4n) is 4.66. The molecule has 1 N–H and O–H groups in total. The van der Waals surface area contributed by atoms with Gasteiger partial charge in [0.25, 0.3) is 6.02 Å². The molecular formula is C17H20N2O3. The molecule has 1 aromatic carbocycles. The predicted octanol–water partition coefficient (Wildman–Crippen LogP) is 2.27. The molecule has 2 heterocycles. The molecule has 0 spiro atoms. The number of nitrogens with one attached hydrogen (secondary N) is 1. The van der Waals surface area contributed by atoms with E-state index in [2.05, 4.69) is 22.4 Å². The summed E-state index contributed by atoms with van der Waals surface area (Å²) >= 11 is 0. The van der Waals surface area contributed by atoms with E-state index in [-0.39, 0.29) is 0 Å². The third kappa shape index (κ3) is 1.87. The average molecular weight is 300 g/mol. The van der Waals surface area contributed by atoms with Crippen molar-refractivity contribution in [2.45, 2.75) is 31.2 Å². The third-order valence-electron chi connectivity index (χ3n) is 5.57. The normalized spacial score (nSPS) is 34.6. The van der Waals surface area contributed by atoms with Gasteiger partial charge in [0.05, 0.1) is 6.54 Å². The van der Waals surface area contributed by atoms with Gasteiger partial charge in [0.15, 0.2) is 11.5 Å². The maximum absolute atomic E-state index is 5.57. The van der Waals surface area contributed by atoms with Gasteiger partial charge in [-0.05, 0) is 48.8 Å². The fraction of sp³-hybridized carbons (Fsp3) is 0.588. The molecule has 22 heavy (non-hydrogen) atoms. The van der Waals surface area contributed by atoms with Gasteiger partial charge in [-0.2, -0.15) is 0 Å². The average Bonchev–Trinajstić information content (AvgIpc) is 3.31. The first-order chi connectivity index (χ1) is 10.9. The van der Waals surface area contributed by atoms with Crippen LogP contribution in [0.2, 0.25) is 0 Å². The second-order valence-corrected chi connectivity index (χ2v) is 6.68. The van der Waals surface area contributed by atoms with Crippen LogP contribution in [0.15, 0.2) is 23.2 Å². The molecule has 4 aliphatic rings. The van der Waals surface area contributed by atoms with E-state index in [0.717, 1.165) is 35.9 Å². The molecule has 5 rings (SSSR count). The van der Waals surface area contributed by atoms with Crippen LogP contribution in [0.1, 0.15) is 30.7 Å². The van der Waals surface area contributed by atoms with Crippen molar-refractivity contribution >= 4 is 6.02 Å². The molecule has 0 radical (unpaired) electrons. The number of rotatable bonds is 2. The van der Waals surface area contributed by atoms with Crippen molar-refractivity contribution in [1.29, 1.82) is 0 Å². The molecular weight excluding hydrogens is 280 g/mol. The zero-order valence-corrected chi connectivity index (χ0v) is 12.5. The van der Waals surface area contributed by atoms with Gasteiger partial charge in [-0.15, -0.1) is 0 Å². The summed E-state index contributed by atoms with van der Waals surface area (Å²) < 4.78 is 16.6. The van der Waals surface area contributed by atoms with Crippen LogP contribution in [-0.4, -0.2) is 32.0 Å². The summed E-state index contributed by atoms with van der Waals surface area (Å²) in [5.41, 5.74) is 1.35. The Bertz CT molecular complexity index is 630. The molecule has 2 aliphatic heterocycles. The van der Waals surface area contributed by atoms with E-state index in [9.17, 15) is 0 Å². The van der Waals surface area contributed by atoms with E-state index in [1.807, 2.05) is 6.07 Å². The van der Waals surface area contributed by atoms with Crippen molar-refractivity contribution in [3.63, 3.8) is 0 Å². The second-order valence-electron chi connectivity index (χ2n) is 6.68. The van der Waals surface area contributed by atoms with Gasteiger partial charge in [-0.1, -0.05) is 6.07 Å². The van der Waals surface area contributed by atoms with E-state index in [1.165, 1.54) is 24.8 Å². The van der Waals surface area contributed by atoms with E-state index in [1.54, 1.807) is 0 Å². The van der Waals surface area contributed by atoms with E-state index in [4.69, 9.17) is 14.2 Å². The fourth-order valence-corrected chi connectivity index (χ4v) is 4.66. The standard InChI is InChI=1S/C17H20N2O3/c1-2-12-7-10(1)15(16(12)19-17-18-5-6-20-17)11-3-4-13-14(8-11)22-9-21-13/h3-4,8,10,12,15-16H,1-2,5-7,9H2,(H,18,19)/t10?,12?,15-,16+/m0/s1. The van der Waals surface area contributed by atoms with Gasteiger partial charge in [0.2, 0.25) is 6.79 Å². The largest absolute Gasteiger partial charge is 0.463 e. The Kier molecular flexibility index (Phi) is 2.75. The molecule has 2 saturated carbocycles.